The van der Waals surface area contributed by atoms with Crippen molar-refractivity contribution in [2.75, 3.05) is 48.3 Å². The summed E-state index contributed by atoms with van der Waals surface area (Å²) in [6.45, 7) is 9.86. The number of fused-ring (bicyclic) bond motifs is 1. The maximum Gasteiger partial charge on any atom is 0.248 e. The van der Waals surface area contributed by atoms with Gasteiger partial charge in [0.25, 0.3) is 0 Å². The van der Waals surface area contributed by atoms with E-state index in [0.29, 0.717) is 36.3 Å². The van der Waals surface area contributed by atoms with Crippen LogP contribution in [-0.4, -0.2) is 69.5 Å². The molecule has 0 atom stereocenters. The number of nitrogens with zero attached hydrogens (tertiary/aromatic N) is 5. The first kappa shape index (κ1) is 23.7. The minimum atomic E-state index is -2.53. The molecule has 0 bridgehead atoms. The molecule has 0 radical (unpaired) electrons. The van der Waals surface area contributed by atoms with E-state index in [0.717, 1.165) is 49.4 Å². The van der Waals surface area contributed by atoms with Crippen molar-refractivity contribution in [3.63, 3.8) is 0 Å². The van der Waals surface area contributed by atoms with Crippen molar-refractivity contribution in [2.45, 2.75) is 51.5 Å². The Balaban J connectivity index is 1.17. The van der Waals surface area contributed by atoms with E-state index in [-0.39, 0.29) is 18.9 Å². The summed E-state index contributed by atoms with van der Waals surface area (Å²) >= 11 is 0. The molecule has 5 rings (SSSR count). The average molecular weight is 485 g/mol. The number of rotatable bonds is 7. The van der Waals surface area contributed by atoms with Crippen LogP contribution in [0.15, 0.2) is 30.6 Å². The second-order valence-corrected chi connectivity index (χ2v) is 10.2. The largest absolute Gasteiger partial charge is 0.368 e. The first-order valence-electron chi connectivity index (χ1n) is 12.5. The number of pyridine rings is 2. The van der Waals surface area contributed by atoms with Crippen molar-refractivity contribution in [2.24, 2.45) is 5.92 Å². The highest BCUT2D eigenvalue weighted by Crippen LogP contribution is 2.34. The van der Waals surface area contributed by atoms with Crippen molar-refractivity contribution < 1.29 is 8.78 Å². The predicted molar refractivity (Wildman–Crippen MR) is 136 cm³/mol. The Morgan fingerprint density at radius 2 is 1.80 bits per heavy atom. The number of nitrogens with one attached hydrogen (secondary N) is 3. The van der Waals surface area contributed by atoms with Crippen LogP contribution >= 0.6 is 0 Å². The average Bonchev–Trinajstić information content (AvgIpc) is 3.23. The summed E-state index contributed by atoms with van der Waals surface area (Å²) in [4.78, 5) is 21.7. The van der Waals surface area contributed by atoms with Gasteiger partial charge in [0.2, 0.25) is 11.9 Å². The highest BCUT2D eigenvalue weighted by Gasteiger charge is 2.34. The van der Waals surface area contributed by atoms with Crippen LogP contribution in [0.4, 0.5) is 32.1 Å². The van der Waals surface area contributed by atoms with Gasteiger partial charge in [0.1, 0.15) is 11.6 Å². The second-order valence-electron chi connectivity index (χ2n) is 10.2. The molecule has 2 fully saturated rings. The molecule has 35 heavy (non-hydrogen) atoms. The van der Waals surface area contributed by atoms with Gasteiger partial charge >= 0.3 is 0 Å². The van der Waals surface area contributed by atoms with Crippen LogP contribution in [-0.2, 0) is 0 Å². The number of hydrogen-bond acceptors (Lipinski definition) is 7. The lowest BCUT2D eigenvalue weighted by atomic mass is 9.92. The third-order valence-corrected chi connectivity index (χ3v) is 6.79. The van der Waals surface area contributed by atoms with Crippen molar-refractivity contribution in [3.05, 3.63) is 30.6 Å². The molecule has 3 aromatic heterocycles. The molecule has 1 saturated heterocycles. The zero-order valence-electron chi connectivity index (χ0n) is 20.4. The van der Waals surface area contributed by atoms with Crippen molar-refractivity contribution in [3.8, 4) is 0 Å². The molecule has 3 aromatic rings. The SMILES string of the molecule is CC(C)CN1CCN(c2ccc(Nc3nc4cc(NC5CCC(F)(F)CC5)ncc4[nH]3)nc2)CC1. The van der Waals surface area contributed by atoms with E-state index in [1.807, 2.05) is 18.3 Å². The smallest absolute Gasteiger partial charge is 0.248 e. The van der Waals surface area contributed by atoms with Gasteiger partial charge in [-0.05, 0) is 30.9 Å². The highest BCUT2D eigenvalue weighted by atomic mass is 19.3. The molecule has 0 spiro atoms. The van der Waals surface area contributed by atoms with Gasteiger partial charge in [-0.15, -0.1) is 0 Å². The van der Waals surface area contributed by atoms with E-state index in [2.05, 4.69) is 60.3 Å². The Kier molecular flexibility index (Phi) is 6.73. The zero-order chi connectivity index (χ0) is 24.4. The molecule has 0 amide bonds. The Morgan fingerprint density at radius 1 is 1.06 bits per heavy atom. The third-order valence-electron chi connectivity index (χ3n) is 6.79. The molecular formula is C25H34F2N8. The van der Waals surface area contributed by atoms with Crippen LogP contribution in [0.5, 0.6) is 0 Å². The topological polar surface area (TPSA) is 85.0 Å². The standard InChI is InChI=1S/C25H34F2N8/c1-17(2)16-34-9-11-35(12-10-34)19-3-4-22(28-14-19)33-24-31-20-13-23(29-15-21(20)32-24)30-18-5-7-25(26,27)8-6-18/h3-4,13-15,17-18H,5-12,16H2,1-2H3,(H,29,30)(H2,28,31,32,33). The van der Waals surface area contributed by atoms with Gasteiger partial charge in [0.05, 0.1) is 29.1 Å². The van der Waals surface area contributed by atoms with E-state index in [4.69, 9.17) is 0 Å². The number of hydrogen-bond donors (Lipinski definition) is 3. The monoisotopic (exact) mass is 484 g/mol. The van der Waals surface area contributed by atoms with Crippen LogP contribution in [0.25, 0.3) is 11.0 Å². The maximum atomic E-state index is 13.4. The first-order valence-corrected chi connectivity index (χ1v) is 12.5. The number of imidazole rings is 1. The Hall–Kier alpha value is -3.01. The maximum absolute atomic E-state index is 13.4. The molecule has 188 valence electrons. The van der Waals surface area contributed by atoms with E-state index in [1.165, 1.54) is 0 Å². The number of alkyl halides is 2. The normalized spacial score (nSPS) is 19.4. The highest BCUT2D eigenvalue weighted by molar-refractivity contribution is 5.79. The van der Waals surface area contributed by atoms with Crippen molar-refractivity contribution in [1.29, 1.82) is 0 Å². The number of anilines is 4. The molecule has 4 heterocycles. The second kappa shape index (κ2) is 9.93. The molecule has 8 nitrogen and oxygen atoms in total. The summed E-state index contributed by atoms with van der Waals surface area (Å²) in [5.41, 5.74) is 2.68. The summed E-state index contributed by atoms with van der Waals surface area (Å²) in [7, 11) is 0. The van der Waals surface area contributed by atoms with Gasteiger partial charge in [-0.3, -0.25) is 4.90 Å². The Morgan fingerprint density at radius 3 is 2.49 bits per heavy atom. The molecule has 1 saturated carbocycles. The molecule has 2 aliphatic rings. The fraction of sp³-hybridized carbons (Fsp3) is 0.560. The van der Waals surface area contributed by atoms with Crippen LogP contribution in [0, 0.1) is 5.92 Å². The van der Waals surface area contributed by atoms with Crippen LogP contribution < -0.4 is 15.5 Å². The van der Waals surface area contributed by atoms with E-state index >= 15 is 0 Å². The summed E-state index contributed by atoms with van der Waals surface area (Å²) in [6, 6.07) is 5.91. The van der Waals surface area contributed by atoms with Crippen LogP contribution in [0.1, 0.15) is 39.5 Å². The van der Waals surface area contributed by atoms with Crippen molar-refractivity contribution >= 4 is 34.3 Å². The summed E-state index contributed by atoms with van der Waals surface area (Å²) in [6.07, 6.45) is 4.33. The zero-order valence-corrected chi connectivity index (χ0v) is 20.4. The van der Waals surface area contributed by atoms with E-state index in [1.54, 1.807) is 6.20 Å². The Bertz CT molecular complexity index is 1110. The van der Waals surface area contributed by atoms with Gasteiger partial charge in [-0.25, -0.2) is 23.7 Å². The number of piperazine rings is 1. The van der Waals surface area contributed by atoms with Gasteiger partial charge in [0, 0.05) is 57.7 Å². The molecule has 0 aromatic carbocycles. The minimum absolute atomic E-state index is 0.0111. The molecule has 1 aliphatic heterocycles. The Labute approximate surface area is 204 Å². The van der Waals surface area contributed by atoms with Gasteiger partial charge in [-0.1, -0.05) is 13.8 Å². The number of aromatic amines is 1. The fourth-order valence-electron chi connectivity index (χ4n) is 4.91. The van der Waals surface area contributed by atoms with Gasteiger partial charge in [0.15, 0.2) is 0 Å². The fourth-order valence-corrected chi connectivity index (χ4v) is 4.91. The number of H-pyrrole nitrogens is 1. The van der Waals surface area contributed by atoms with Crippen molar-refractivity contribution in [1.82, 2.24) is 24.8 Å². The van der Waals surface area contributed by atoms with Gasteiger partial charge < -0.3 is 20.5 Å². The number of aromatic nitrogens is 4. The minimum Gasteiger partial charge on any atom is -0.368 e. The molecule has 3 N–H and O–H groups in total. The first-order chi connectivity index (χ1) is 16.8. The molecule has 0 unspecified atom stereocenters. The third kappa shape index (κ3) is 5.98. The van der Waals surface area contributed by atoms with Gasteiger partial charge in [-0.2, -0.15) is 0 Å². The van der Waals surface area contributed by atoms with E-state index < -0.39 is 5.92 Å². The molecular weight excluding hydrogens is 450 g/mol. The lowest BCUT2D eigenvalue weighted by Crippen LogP contribution is -2.47. The van der Waals surface area contributed by atoms with Crippen LogP contribution in [0.3, 0.4) is 0 Å². The summed E-state index contributed by atoms with van der Waals surface area (Å²) in [5.74, 6) is 0.104. The lowest BCUT2D eigenvalue weighted by Gasteiger charge is -2.36. The predicted octanol–water partition coefficient (Wildman–Crippen LogP) is 4.86. The molecule has 10 heteroatoms. The molecule has 1 aliphatic carbocycles. The lowest BCUT2D eigenvalue weighted by molar-refractivity contribution is -0.0361. The van der Waals surface area contributed by atoms with E-state index in [9.17, 15) is 8.78 Å². The number of halogens is 2. The van der Waals surface area contributed by atoms with Crippen LogP contribution in [0.2, 0.25) is 0 Å². The summed E-state index contributed by atoms with van der Waals surface area (Å²) in [5, 5.41) is 6.51. The summed E-state index contributed by atoms with van der Waals surface area (Å²) < 4.78 is 26.8. The quantitative estimate of drug-likeness (QED) is 0.441.